The second-order valence-electron chi connectivity index (χ2n) is 5.64. The van der Waals surface area contributed by atoms with Gasteiger partial charge in [-0.15, -0.1) is 0 Å². The third-order valence-corrected chi connectivity index (χ3v) is 4.18. The van der Waals surface area contributed by atoms with Crippen LogP contribution in [0.1, 0.15) is 30.7 Å². The first-order valence-electron chi connectivity index (χ1n) is 7.66. The molecule has 1 fully saturated rings. The summed E-state index contributed by atoms with van der Waals surface area (Å²) in [5, 5.41) is 11.8. The van der Waals surface area contributed by atoms with Crippen LogP contribution in [-0.4, -0.2) is 49.0 Å². The van der Waals surface area contributed by atoms with Crippen LogP contribution in [-0.2, 0) is 9.59 Å². The number of nitrogens with one attached hydrogen (secondary N) is 1. The van der Waals surface area contributed by atoms with E-state index in [-0.39, 0.29) is 18.4 Å². The molecule has 2 rings (SSSR count). The largest absolute Gasteiger partial charge is 0.396 e. The molecule has 0 spiro atoms. The number of pyridine rings is 1. The Morgan fingerprint density at radius 3 is 2.95 bits per heavy atom. The maximum atomic E-state index is 11.9. The molecule has 1 aromatic heterocycles. The number of hydrogen-bond donors (Lipinski definition) is 2. The summed E-state index contributed by atoms with van der Waals surface area (Å²) in [4.78, 5) is 29.1. The van der Waals surface area contributed by atoms with Gasteiger partial charge in [-0.2, -0.15) is 0 Å². The van der Waals surface area contributed by atoms with Gasteiger partial charge in [0.25, 0.3) is 0 Å². The van der Waals surface area contributed by atoms with E-state index in [1.807, 2.05) is 12.1 Å². The fourth-order valence-electron chi connectivity index (χ4n) is 2.84. The number of carbonyl (C=O) groups is 2. The first kappa shape index (κ1) is 16.4. The molecule has 2 heterocycles. The van der Waals surface area contributed by atoms with Gasteiger partial charge in [-0.25, -0.2) is 4.98 Å². The number of rotatable bonds is 7. The van der Waals surface area contributed by atoms with Crippen LogP contribution in [0.5, 0.6) is 0 Å². The third kappa shape index (κ3) is 3.82. The van der Waals surface area contributed by atoms with Crippen molar-refractivity contribution in [3.63, 3.8) is 0 Å². The van der Waals surface area contributed by atoms with Gasteiger partial charge < -0.3 is 20.1 Å². The molecule has 0 radical (unpaired) electrons. The lowest BCUT2D eigenvalue weighted by atomic mass is 9.95. The van der Waals surface area contributed by atoms with E-state index in [0.29, 0.717) is 18.8 Å². The highest BCUT2D eigenvalue weighted by atomic mass is 16.3. The molecule has 2 unspecified atom stereocenters. The van der Waals surface area contributed by atoms with Crippen LogP contribution in [0.4, 0.5) is 5.82 Å². The van der Waals surface area contributed by atoms with Gasteiger partial charge in [-0.05, 0) is 24.5 Å². The number of aromatic nitrogens is 1. The molecule has 1 aliphatic heterocycles. The summed E-state index contributed by atoms with van der Waals surface area (Å²) >= 11 is 0. The zero-order chi connectivity index (χ0) is 15.9. The van der Waals surface area contributed by atoms with Crippen molar-refractivity contribution in [1.82, 2.24) is 10.3 Å². The van der Waals surface area contributed by atoms with E-state index in [0.717, 1.165) is 37.2 Å². The molecular formula is C16H23N3O3. The first-order chi connectivity index (χ1) is 10.7. The molecule has 6 nitrogen and oxygen atoms in total. The van der Waals surface area contributed by atoms with Gasteiger partial charge in [0.2, 0.25) is 5.91 Å². The normalized spacial score (nSPS) is 19.0. The molecule has 1 saturated heterocycles. The number of nitrogens with zero attached hydrogens (tertiary/aromatic N) is 2. The van der Waals surface area contributed by atoms with Crippen LogP contribution in [0, 0.1) is 5.92 Å². The Hall–Kier alpha value is -1.95. The Morgan fingerprint density at radius 2 is 2.41 bits per heavy atom. The number of likely N-dealkylation sites (N-methyl/N-ethyl adjacent to an activating group) is 1. The van der Waals surface area contributed by atoms with Crippen LogP contribution in [0.2, 0.25) is 0 Å². The van der Waals surface area contributed by atoms with E-state index in [2.05, 4.69) is 15.2 Å². The highest BCUT2D eigenvalue weighted by Crippen LogP contribution is 2.25. The maximum absolute atomic E-state index is 11.9. The van der Waals surface area contributed by atoms with Crippen LogP contribution in [0.3, 0.4) is 0 Å². The monoisotopic (exact) mass is 305 g/mol. The molecule has 0 aromatic carbocycles. The summed E-state index contributed by atoms with van der Waals surface area (Å²) in [6.45, 7) is 1.91. The Labute approximate surface area is 130 Å². The number of amides is 1. The quantitative estimate of drug-likeness (QED) is 0.725. The second-order valence-corrected chi connectivity index (χ2v) is 5.64. The standard InChI is InChI=1S/C16H23N3O3/c1-17-16(22)14(3-2-8-20)13-4-5-15(18-9-13)19-7-6-12(10-19)11-21/h4-5,8-9,12,14,21H,2-3,6-7,10-11H2,1H3,(H,17,22). The topological polar surface area (TPSA) is 82.5 Å². The predicted molar refractivity (Wildman–Crippen MR) is 83.7 cm³/mol. The number of aliphatic hydroxyl groups excluding tert-OH is 1. The zero-order valence-corrected chi connectivity index (χ0v) is 12.9. The lowest BCUT2D eigenvalue weighted by Gasteiger charge is -2.19. The number of hydrogen-bond acceptors (Lipinski definition) is 5. The van der Waals surface area contributed by atoms with Gasteiger partial charge >= 0.3 is 0 Å². The van der Waals surface area contributed by atoms with Gasteiger partial charge in [0.05, 0.1) is 5.92 Å². The minimum Gasteiger partial charge on any atom is -0.396 e. The average Bonchev–Trinajstić information content (AvgIpc) is 3.04. The fraction of sp³-hybridized carbons (Fsp3) is 0.562. The number of aldehydes is 1. The lowest BCUT2D eigenvalue weighted by Crippen LogP contribution is -2.26. The molecule has 1 aromatic rings. The zero-order valence-electron chi connectivity index (χ0n) is 12.9. The van der Waals surface area contributed by atoms with Crippen molar-refractivity contribution in [3.8, 4) is 0 Å². The van der Waals surface area contributed by atoms with E-state index >= 15 is 0 Å². The van der Waals surface area contributed by atoms with Crippen molar-refractivity contribution >= 4 is 18.0 Å². The van der Waals surface area contributed by atoms with Gasteiger partial charge in [0.15, 0.2) is 0 Å². The molecule has 2 N–H and O–H groups in total. The van der Waals surface area contributed by atoms with Crippen molar-refractivity contribution in [2.24, 2.45) is 5.92 Å². The van der Waals surface area contributed by atoms with Crippen LogP contribution in [0.25, 0.3) is 0 Å². The van der Waals surface area contributed by atoms with Crippen molar-refractivity contribution in [3.05, 3.63) is 23.9 Å². The van der Waals surface area contributed by atoms with Gasteiger partial charge in [-0.1, -0.05) is 6.07 Å². The Balaban J connectivity index is 2.08. The Morgan fingerprint density at radius 1 is 1.59 bits per heavy atom. The SMILES string of the molecule is CNC(=O)C(CCC=O)c1ccc(N2CCC(CO)C2)nc1. The molecule has 120 valence electrons. The average molecular weight is 305 g/mol. The molecule has 1 aliphatic rings. The molecule has 0 aliphatic carbocycles. The number of carbonyl (C=O) groups excluding carboxylic acids is 2. The fourth-order valence-corrected chi connectivity index (χ4v) is 2.84. The van der Waals surface area contributed by atoms with Crippen LogP contribution < -0.4 is 10.2 Å². The molecule has 1 amide bonds. The van der Waals surface area contributed by atoms with Crippen molar-refractivity contribution < 1.29 is 14.7 Å². The maximum Gasteiger partial charge on any atom is 0.227 e. The highest BCUT2D eigenvalue weighted by molar-refractivity contribution is 5.83. The molecular weight excluding hydrogens is 282 g/mol. The van der Waals surface area contributed by atoms with E-state index in [1.165, 1.54) is 0 Å². The molecule has 22 heavy (non-hydrogen) atoms. The predicted octanol–water partition coefficient (Wildman–Crippen LogP) is 0.709. The highest BCUT2D eigenvalue weighted by Gasteiger charge is 2.24. The molecule has 6 heteroatoms. The van der Waals surface area contributed by atoms with Crippen molar-refractivity contribution in [1.29, 1.82) is 0 Å². The van der Waals surface area contributed by atoms with Crippen molar-refractivity contribution in [2.75, 3.05) is 31.6 Å². The lowest BCUT2D eigenvalue weighted by molar-refractivity contribution is -0.122. The van der Waals surface area contributed by atoms with E-state index in [1.54, 1.807) is 13.2 Å². The third-order valence-electron chi connectivity index (χ3n) is 4.18. The Bertz CT molecular complexity index is 504. The Kier molecular flexibility index (Phi) is 5.89. The minimum absolute atomic E-state index is 0.0992. The summed E-state index contributed by atoms with van der Waals surface area (Å²) in [6.07, 6.45) is 4.36. The van der Waals surface area contributed by atoms with Gasteiger partial charge in [0.1, 0.15) is 12.1 Å². The smallest absolute Gasteiger partial charge is 0.227 e. The second kappa shape index (κ2) is 7.89. The van der Waals surface area contributed by atoms with Gasteiger partial charge in [-0.3, -0.25) is 4.79 Å². The van der Waals surface area contributed by atoms with E-state index in [4.69, 9.17) is 0 Å². The summed E-state index contributed by atoms with van der Waals surface area (Å²) < 4.78 is 0. The molecule has 0 bridgehead atoms. The van der Waals surface area contributed by atoms with Crippen LogP contribution in [0.15, 0.2) is 18.3 Å². The summed E-state index contributed by atoms with van der Waals surface area (Å²) in [5.41, 5.74) is 0.822. The summed E-state index contributed by atoms with van der Waals surface area (Å²) in [6, 6.07) is 3.81. The molecule has 0 saturated carbocycles. The number of anilines is 1. The minimum atomic E-state index is -0.347. The number of aliphatic hydroxyl groups is 1. The first-order valence-corrected chi connectivity index (χ1v) is 7.66. The van der Waals surface area contributed by atoms with E-state index < -0.39 is 0 Å². The van der Waals surface area contributed by atoms with E-state index in [9.17, 15) is 14.7 Å². The van der Waals surface area contributed by atoms with Gasteiger partial charge in [0, 0.05) is 45.3 Å². The van der Waals surface area contributed by atoms with Crippen LogP contribution >= 0.6 is 0 Å². The van der Waals surface area contributed by atoms with Crippen molar-refractivity contribution in [2.45, 2.75) is 25.2 Å². The summed E-state index contributed by atoms with van der Waals surface area (Å²) in [5.74, 6) is 0.733. The summed E-state index contributed by atoms with van der Waals surface area (Å²) in [7, 11) is 1.59. The molecule has 2 atom stereocenters.